The average molecular weight is 412 g/mol. The standard InChI is InChI=1S/C18H20BrClN2S/c1-4-17(13-6-5-11(2)12(3)9-13)22-18(23)21-14-7-8-15(19)16(20)10-14/h5-10,17H,4H2,1-3H3,(H2,21,22,23)/t17-/m0/s1. The number of rotatable bonds is 4. The Kier molecular flexibility index (Phi) is 6.45. The van der Waals surface area contributed by atoms with Crippen molar-refractivity contribution in [3.05, 3.63) is 62.6 Å². The molecule has 0 saturated heterocycles. The lowest BCUT2D eigenvalue weighted by Crippen LogP contribution is -2.32. The van der Waals surface area contributed by atoms with Crippen molar-refractivity contribution >= 4 is 50.5 Å². The molecule has 2 aromatic rings. The lowest BCUT2D eigenvalue weighted by Gasteiger charge is -2.21. The molecule has 2 aromatic carbocycles. The van der Waals surface area contributed by atoms with Gasteiger partial charge < -0.3 is 10.6 Å². The smallest absolute Gasteiger partial charge is 0.171 e. The van der Waals surface area contributed by atoms with Crippen molar-refractivity contribution in [3.63, 3.8) is 0 Å². The first-order chi connectivity index (χ1) is 10.9. The molecule has 1 atom stereocenters. The van der Waals surface area contributed by atoms with E-state index in [-0.39, 0.29) is 6.04 Å². The highest BCUT2D eigenvalue weighted by Gasteiger charge is 2.12. The zero-order valence-electron chi connectivity index (χ0n) is 13.4. The van der Waals surface area contributed by atoms with Crippen molar-refractivity contribution in [2.24, 2.45) is 0 Å². The molecule has 0 saturated carbocycles. The fourth-order valence-corrected chi connectivity index (χ4v) is 2.99. The molecule has 0 aromatic heterocycles. The van der Waals surface area contributed by atoms with Gasteiger partial charge in [-0.05, 0) is 83.3 Å². The third-order valence-corrected chi connectivity index (χ3v) is 5.28. The monoisotopic (exact) mass is 410 g/mol. The summed E-state index contributed by atoms with van der Waals surface area (Å²) in [6.45, 7) is 6.40. The molecule has 0 bridgehead atoms. The van der Waals surface area contributed by atoms with Crippen LogP contribution in [0.1, 0.15) is 36.1 Å². The summed E-state index contributed by atoms with van der Waals surface area (Å²) in [5.41, 5.74) is 4.70. The van der Waals surface area contributed by atoms with Crippen LogP contribution in [0, 0.1) is 13.8 Å². The number of hydrogen-bond donors (Lipinski definition) is 2. The summed E-state index contributed by atoms with van der Waals surface area (Å²) in [6.07, 6.45) is 0.950. The molecule has 0 radical (unpaired) electrons. The Morgan fingerprint density at radius 1 is 1.17 bits per heavy atom. The minimum absolute atomic E-state index is 0.181. The number of halogens is 2. The van der Waals surface area contributed by atoms with E-state index < -0.39 is 0 Å². The molecule has 2 nitrogen and oxygen atoms in total. The van der Waals surface area contributed by atoms with Crippen LogP contribution in [0.15, 0.2) is 40.9 Å². The summed E-state index contributed by atoms with van der Waals surface area (Å²) in [4.78, 5) is 0. The van der Waals surface area contributed by atoms with Crippen molar-refractivity contribution in [2.75, 3.05) is 5.32 Å². The van der Waals surface area contributed by atoms with Gasteiger partial charge in [0.2, 0.25) is 0 Å². The Morgan fingerprint density at radius 2 is 1.91 bits per heavy atom. The lowest BCUT2D eigenvalue weighted by atomic mass is 9.99. The number of anilines is 1. The molecule has 0 aliphatic heterocycles. The molecule has 2 rings (SSSR count). The fraction of sp³-hybridized carbons (Fsp3) is 0.278. The second-order valence-electron chi connectivity index (χ2n) is 5.53. The summed E-state index contributed by atoms with van der Waals surface area (Å²) in [5.74, 6) is 0. The number of nitrogens with one attached hydrogen (secondary N) is 2. The van der Waals surface area contributed by atoms with Crippen LogP contribution in [0.2, 0.25) is 5.02 Å². The van der Waals surface area contributed by atoms with Gasteiger partial charge in [0, 0.05) is 10.2 Å². The van der Waals surface area contributed by atoms with Gasteiger partial charge in [-0.1, -0.05) is 36.7 Å². The Morgan fingerprint density at radius 3 is 2.52 bits per heavy atom. The van der Waals surface area contributed by atoms with Gasteiger partial charge in [0.1, 0.15) is 0 Å². The third-order valence-electron chi connectivity index (χ3n) is 3.82. The van der Waals surface area contributed by atoms with Gasteiger partial charge >= 0.3 is 0 Å². The van der Waals surface area contributed by atoms with Gasteiger partial charge in [-0.3, -0.25) is 0 Å². The van der Waals surface area contributed by atoms with E-state index in [0.717, 1.165) is 16.6 Å². The maximum absolute atomic E-state index is 6.11. The van der Waals surface area contributed by atoms with Crippen molar-refractivity contribution in [2.45, 2.75) is 33.2 Å². The van der Waals surface area contributed by atoms with E-state index in [4.69, 9.17) is 23.8 Å². The zero-order chi connectivity index (χ0) is 17.0. The van der Waals surface area contributed by atoms with E-state index in [1.54, 1.807) is 0 Å². The largest absolute Gasteiger partial charge is 0.356 e. The molecule has 0 heterocycles. The van der Waals surface area contributed by atoms with Gasteiger partial charge in [0.05, 0.1) is 11.1 Å². The fourth-order valence-electron chi connectivity index (χ4n) is 2.30. The van der Waals surface area contributed by atoms with Crippen LogP contribution in [0.4, 0.5) is 5.69 Å². The quantitative estimate of drug-likeness (QED) is 0.589. The van der Waals surface area contributed by atoms with Crippen LogP contribution in [0.25, 0.3) is 0 Å². The predicted octanol–water partition coefficient (Wildman–Crippen LogP) is 6.16. The highest BCUT2D eigenvalue weighted by Crippen LogP contribution is 2.26. The van der Waals surface area contributed by atoms with Gasteiger partial charge in [-0.2, -0.15) is 0 Å². The molecule has 0 unspecified atom stereocenters. The van der Waals surface area contributed by atoms with Crippen molar-refractivity contribution in [1.82, 2.24) is 5.32 Å². The van der Waals surface area contributed by atoms with E-state index >= 15 is 0 Å². The number of hydrogen-bond acceptors (Lipinski definition) is 1. The summed E-state index contributed by atoms with van der Waals surface area (Å²) < 4.78 is 0.866. The first-order valence-electron chi connectivity index (χ1n) is 7.50. The zero-order valence-corrected chi connectivity index (χ0v) is 16.6. The van der Waals surface area contributed by atoms with Crippen LogP contribution < -0.4 is 10.6 Å². The summed E-state index contributed by atoms with van der Waals surface area (Å²) >= 11 is 14.9. The molecule has 2 N–H and O–H groups in total. The predicted molar refractivity (Wildman–Crippen MR) is 107 cm³/mol. The molecule has 5 heteroatoms. The van der Waals surface area contributed by atoms with Crippen LogP contribution in [-0.4, -0.2) is 5.11 Å². The summed E-state index contributed by atoms with van der Waals surface area (Å²) in [6, 6.07) is 12.4. The van der Waals surface area contributed by atoms with E-state index in [1.807, 2.05) is 18.2 Å². The van der Waals surface area contributed by atoms with Gasteiger partial charge in [0.15, 0.2) is 5.11 Å². The normalized spacial score (nSPS) is 11.9. The Bertz CT molecular complexity index is 718. The lowest BCUT2D eigenvalue weighted by molar-refractivity contribution is 0.628. The second-order valence-corrected chi connectivity index (χ2v) is 7.20. The van der Waals surface area contributed by atoms with Gasteiger partial charge in [-0.25, -0.2) is 0 Å². The average Bonchev–Trinajstić information content (AvgIpc) is 2.51. The van der Waals surface area contributed by atoms with Crippen LogP contribution >= 0.6 is 39.7 Å². The maximum atomic E-state index is 6.11. The second kappa shape index (κ2) is 8.13. The number of aryl methyl sites for hydroxylation is 2. The topological polar surface area (TPSA) is 24.1 Å². The van der Waals surface area contributed by atoms with E-state index in [9.17, 15) is 0 Å². The van der Waals surface area contributed by atoms with Crippen LogP contribution in [0.5, 0.6) is 0 Å². The third kappa shape index (κ3) is 4.93. The van der Waals surface area contributed by atoms with Crippen LogP contribution in [0.3, 0.4) is 0 Å². The van der Waals surface area contributed by atoms with Crippen molar-refractivity contribution < 1.29 is 0 Å². The Hall–Kier alpha value is -1.10. The van der Waals surface area contributed by atoms with Crippen molar-refractivity contribution in [3.8, 4) is 0 Å². The highest BCUT2D eigenvalue weighted by atomic mass is 79.9. The molecule has 0 aliphatic carbocycles. The number of thiocarbonyl (C=S) groups is 1. The molecule has 122 valence electrons. The molecular formula is C18H20BrClN2S. The SMILES string of the molecule is CC[C@H](NC(=S)Nc1ccc(Br)c(Cl)c1)c1ccc(C)c(C)c1. The molecule has 0 amide bonds. The van der Waals surface area contributed by atoms with E-state index in [0.29, 0.717) is 10.1 Å². The number of benzene rings is 2. The van der Waals surface area contributed by atoms with E-state index in [1.165, 1.54) is 16.7 Å². The molecule has 23 heavy (non-hydrogen) atoms. The Balaban J connectivity index is 2.07. The molecule has 0 spiro atoms. The highest BCUT2D eigenvalue weighted by molar-refractivity contribution is 9.10. The molecular weight excluding hydrogens is 392 g/mol. The van der Waals surface area contributed by atoms with Gasteiger partial charge in [0.25, 0.3) is 0 Å². The summed E-state index contributed by atoms with van der Waals surface area (Å²) in [5, 5.41) is 7.81. The first kappa shape index (κ1) is 18.2. The van der Waals surface area contributed by atoms with Gasteiger partial charge in [-0.15, -0.1) is 0 Å². The molecule has 0 aliphatic rings. The first-order valence-corrected chi connectivity index (χ1v) is 9.08. The molecule has 0 fully saturated rings. The summed E-state index contributed by atoms with van der Waals surface area (Å²) in [7, 11) is 0. The minimum atomic E-state index is 0.181. The van der Waals surface area contributed by atoms with E-state index in [2.05, 4.69) is 65.5 Å². The van der Waals surface area contributed by atoms with Crippen molar-refractivity contribution in [1.29, 1.82) is 0 Å². The minimum Gasteiger partial charge on any atom is -0.356 e. The Labute approximate surface area is 156 Å². The maximum Gasteiger partial charge on any atom is 0.171 e. The van der Waals surface area contributed by atoms with Crippen LogP contribution in [-0.2, 0) is 0 Å².